The summed E-state index contributed by atoms with van der Waals surface area (Å²) in [7, 11) is 0. The van der Waals surface area contributed by atoms with Crippen molar-refractivity contribution in [3.8, 4) is 17.1 Å². The number of aromatic nitrogens is 3. The van der Waals surface area contributed by atoms with Crippen molar-refractivity contribution >= 4 is 40.9 Å². The Bertz CT molecular complexity index is 1260. The average molecular weight is 432 g/mol. The normalized spacial score (nSPS) is 10.6. The molecule has 3 aromatic carbocycles. The first-order valence-electron chi connectivity index (χ1n) is 9.49. The minimum absolute atomic E-state index is 0.538. The van der Waals surface area contributed by atoms with E-state index in [1.54, 1.807) is 0 Å². The molecule has 4 rings (SSSR count). The third-order valence-electron chi connectivity index (χ3n) is 4.61. The number of aromatic amines is 1. The predicted molar refractivity (Wildman–Crippen MR) is 130 cm³/mol. The number of thiocarbonyl (C=S) groups is 1. The van der Waals surface area contributed by atoms with Crippen LogP contribution in [0.3, 0.4) is 0 Å². The van der Waals surface area contributed by atoms with Gasteiger partial charge < -0.3 is 10.6 Å². The molecule has 0 aliphatic rings. The Balaban J connectivity index is 1.53. The minimum Gasteiger partial charge on any atom is -0.332 e. The number of H-pyrrole nitrogens is 1. The Hall–Kier alpha value is -3.29. The van der Waals surface area contributed by atoms with Gasteiger partial charge in [0.25, 0.3) is 0 Å². The van der Waals surface area contributed by atoms with Gasteiger partial charge in [-0.1, -0.05) is 24.3 Å². The zero-order chi connectivity index (χ0) is 21.1. The van der Waals surface area contributed by atoms with Crippen molar-refractivity contribution in [1.29, 1.82) is 0 Å². The number of nitrogens with one attached hydrogen (secondary N) is 3. The van der Waals surface area contributed by atoms with Crippen molar-refractivity contribution in [2.75, 3.05) is 10.6 Å². The SMILES string of the molecule is Cc1cccc(NC(=S)Nc2ccc(-c3n[nH]c(=S)n3-c3cccc(C)c3)cc2)c1. The summed E-state index contributed by atoms with van der Waals surface area (Å²) in [6.45, 7) is 4.10. The second-order valence-corrected chi connectivity index (χ2v) is 7.85. The maximum Gasteiger partial charge on any atom is 0.200 e. The van der Waals surface area contributed by atoms with Crippen LogP contribution in [0.2, 0.25) is 0 Å². The van der Waals surface area contributed by atoms with Crippen LogP contribution in [0.15, 0.2) is 72.8 Å². The first kappa shape index (κ1) is 20.0. The molecule has 0 fully saturated rings. The summed E-state index contributed by atoms with van der Waals surface area (Å²) >= 11 is 10.9. The molecule has 7 heteroatoms. The van der Waals surface area contributed by atoms with Gasteiger partial charge >= 0.3 is 0 Å². The number of hydrogen-bond acceptors (Lipinski definition) is 3. The first-order chi connectivity index (χ1) is 14.5. The molecule has 0 unspecified atom stereocenters. The van der Waals surface area contributed by atoms with Crippen LogP contribution in [0.1, 0.15) is 11.1 Å². The van der Waals surface area contributed by atoms with Gasteiger partial charge in [0.1, 0.15) is 0 Å². The van der Waals surface area contributed by atoms with Crippen molar-refractivity contribution in [2.45, 2.75) is 13.8 Å². The van der Waals surface area contributed by atoms with E-state index in [9.17, 15) is 0 Å². The summed E-state index contributed by atoms with van der Waals surface area (Å²) in [6.07, 6.45) is 0. The predicted octanol–water partition coefficient (Wildman–Crippen LogP) is 6.02. The molecule has 0 bridgehead atoms. The molecule has 1 aromatic heterocycles. The van der Waals surface area contributed by atoms with Crippen LogP contribution in [-0.2, 0) is 0 Å². The Labute approximate surface area is 185 Å². The molecule has 30 heavy (non-hydrogen) atoms. The van der Waals surface area contributed by atoms with E-state index in [0.717, 1.165) is 34.0 Å². The average Bonchev–Trinajstić information content (AvgIpc) is 3.10. The van der Waals surface area contributed by atoms with Gasteiger partial charge in [0.15, 0.2) is 15.7 Å². The van der Waals surface area contributed by atoms with Crippen LogP contribution in [0.5, 0.6) is 0 Å². The van der Waals surface area contributed by atoms with Crippen molar-refractivity contribution in [1.82, 2.24) is 14.8 Å². The second-order valence-electron chi connectivity index (χ2n) is 7.05. The fourth-order valence-electron chi connectivity index (χ4n) is 3.22. The van der Waals surface area contributed by atoms with Gasteiger partial charge in [0.05, 0.1) is 5.69 Å². The van der Waals surface area contributed by atoms with Gasteiger partial charge in [-0.3, -0.25) is 9.67 Å². The Morgan fingerprint density at radius 3 is 2.23 bits per heavy atom. The van der Waals surface area contributed by atoms with Crippen LogP contribution < -0.4 is 10.6 Å². The molecule has 0 aliphatic heterocycles. The maximum atomic E-state index is 5.46. The van der Waals surface area contributed by atoms with E-state index >= 15 is 0 Å². The van der Waals surface area contributed by atoms with Crippen LogP contribution >= 0.6 is 24.4 Å². The van der Waals surface area contributed by atoms with Gasteiger partial charge in [-0.2, -0.15) is 5.10 Å². The van der Waals surface area contributed by atoms with Crippen molar-refractivity contribution in [3.63, 3.8) is 0 Å². The van der Waals surface area contributed by atoms with Crippen LogP contribution in [0.25, 0.3) is 17.1 Å². The lowest BCUT2D eigenvalue weighted by Crippen LogP contribution is -2.19. The van der Waals surface area contributed by atoms with Crippen molar-refractivity contribution in [2.24, 2.45) is 0 Å². The molecule has 0 amide bonds. The molecule has 5 nitrogen and oxygen atoms in total. The molecule has 0 aliphatic carbocycles. The van der Waals surface area contributed by atoms with Crippen molar-refractivity contribution in [3.05, 3.63) is 88.7 Å². The van der Waals surface area contributed by atoms with E-state index in [1.807, 2.05) is 72.2 Å². The number of anilines is 2. The molecular weight excluding hydrogens is 410 g/mol. The molecule has 1 heterocycles. The molecule has 0 saturated heterocycles. The van der Waals surface area contributed by atoms with E-state index in [1.165, 1.54) is 5.56 Å². The highest BCUT2D eigenvalue weighted by atomic mass is 32.1. The zero-order valence-corrected chi connectivity index (χ0v) is 18.3. The fourth-order valence-corrected chi connectivity index (χ4v) is 3.69. The van der Waals surface area contributed by atoms with E-state index in [2.05, 4.69) is 39.9 Å². The van der Waals surface area contributed by atoms with Gasteiger partial charge in [0.2, 0.25) is 0 Å². The molecule has 0 atom stereocenters. The number of aryl methyl sites for hydroxylation is 2. The highest BCUT2D eigenvalue weighted by Crippen LogP contribution is 2.24. The molecule has 150 valence electrons. The monoisotopic (exact) mass is 431 g/mol. The van der Waals surface area contributed by atoms with E-state index < -0.39 is 0 Å². The van der Waals surface area contributed by atoms with E-state index in [-0.39, 0.29) is 0 Å². The highest BCUT2D eigenvalue weighted by molar-refractivity contribution is 7.80. The highest BCUT2D eigenvalue weighted by Gasteiger charge is 2.11. The molecule has 0 radical (unpaired) electrons. The third-order valence-corrected chi connectivity index (χ3v) is 5.09. The van der Waals surface area contributed by atoms with Gasteiger partial charge in [-0.25, -0.2) is 0 Å². The summed E-state index contributed by atoms with van der Waals surface area (Å²) in [5, 5.41) is 14.3. The fraction of sp³-hybridized carbons (Fsp3) is 0.0870. The lowest BCUT2D eigenvalue weighted by molar-refractivity contribution is 1.03. The second kappa shape index (κ2) is 8.61. The topological polar surface area (TPSA) is 57.7 Å². The quantitative estimate of drug-likeness (QED) is 0.345. The molecular formula is C23H21N5S2. The lowest BCUT2D eigenvalue weighted by atomic mass is 10.1. The minimum atomic E-state index is 0.538. The summed E-state index contributed by atoms with van der Waals surface area (Å²) < 4.78 is 2.50. The Morgan fingerprint density at radius 1 is 0.867 bits per heavy atom. The largest absolute Gasteiger partial charge is 0.332 e. The summed E-state index contributed by atoms with van der Waals surface area (Å²) in [4.78, 5) is 0. The summed E-state index contributed by atoms with van der Waals surface area (Å²) in [6, 6.07) is 24.2. The lowest BCUT2D eigenvalue weighted by Gasteiger charge is -2.12. The van der Waals surface area contributed by atoms with E-state index in [0.29, 0.717) is 9.88 Å². The molecule has 0 spiro atoms. The Morgan fingerprint density at radius 2 is 1.53 bits per heavy atom. The maximum absolute atomic E-state index is 5.46. The number of nitrogens with zero attached hydrogens (tertiary/aromatic N) is 2. The van der Waals surface area contributed by atoms with Crippen LogP contribution in [0.4, 0.5) is 11.4 Å². The number of rotatable bonds is 4. The van der Waals surface area contributed by atoms with Gasteiger partial charge in [-0.15, -0.1) is 0 Å². The smallest absolute Gasteiger partial charge is 0.200 e. The Kier molecular flexibility index (Phi) is 5.74. The van der Waals surface area contributed by atoms with Crippen LogP contribution in [0, 0.1) is 18.6 Å². The standard InChI is InChI=1S/C23H21N5S2/c1-15-5-3-7-19(13-15)25-22(29)24-18-11-9-17(10-12-18)21-26-27-23(30)28(21)20-8-4-6-16(2)14-20/h3-14H,1-2H3,(H,27,30)(H2,24,25,29). The molecule has 4 aromatic rings. The van der Waals surface area contributed by atoms with Crippen LogP contribution in [-0.4, -0.2) is 19.9 Å². The molecule has 3 N–H and O–H groups in total. The summed E-state index contributed by atoms with van der Waals surface area (Å²) in [5.41, 5.74) is 6.12. The van der Waals surface area contributed by atoms with Gasteiger partial charge in [-0.05, 0) is 97.9 Å². The zero-order valence-electron chi connectivity index (χ0n) is 16.6. The molecule has 0 saturated carbocycles. The number of benzene rings is 3. The van der Waals surface area contributed by atoms with Crippen molar-refractivity contribution < 1.29 is 0 Å². The third kappa shape index (κ3) is 4.48. The first-order valence-corrected chi connectivity index (χ1v) is 10.3. The van der Waals surface area contributed by atoms with E-state index in [4.69, 9.17) is 24.4 Å². The number of hydrogen-bond donors (Lipinski definition) is 3. The van der Waals surface area contributed by atoms with Gasteiger partial charge in [0, 0.05) is 16.9 Å². The summed E-state index contributed by atoms with van der Waals surface area (Å²) in [5.74, 6) is 0.762.